The number of carbonyl (C=O) groups is 2. The van der Waals surface area contributed by atoms with Gasteiger partial charge in [0.2, 0.25) is 0 Å². The van der Waals surface area contributed by atoms with E-state index in [1.54, 1.807) is 48.5 Å². The maximum Gasteiger partial charge on any atom is 0.272 e. The summed E-state index contributed by atoms with van der Waals surface area (Å²) in [5.74, 6) is 9.57. The van der Waals surface area contributed by atoms with E-state index in [1.165, 1.54) is 24.5 Å². The number of nitro groups is 2. The Balaban J connectivity index is 0.000000281. The molecule has 0 bridgehead atoms. The summed E-state index contributed by atoms with van der Waals surface area (Å²) in [5, 5.41) is 42.1. The normalized spacial score (nSPS) is 11.5. The molecule has 6 rings (SSSR count). The van der Waals surface area contributed by atoms with Gasteiger partial charge in [-0.25, -0.2) is 18.7 Å². The van der Waals surface area contributed by atoms with E-state index in [-0.39, 0.29) is 70.2 Å². The van der Waals surface area contributed by atoms with Gasteiger partial charge in [-0.3, -0.25) is 29.8 Å². The van der Waals surface area contributed by atoms with E-state index in [0.29, 0.717) is 48.2 Å². The van der Waals surface area contributed by atoms with Crippen LogP contribution in [0.15, 0.2) is 109 Å². The summed E-state index contributed by atoms with van der Waals surface area (Å²) in [6.45, 7) is 12.6. The van der Waals surface area contributed by atoms with Gasteiger partial charge in [-0.05, 0) is 75.4 Å². The fourth-order valence-corrected chi connectivity index (χ4v) is 7.32. The van der Waals surface area contributed by atoms with Crippen molar-refractivity contribution < 1.29 is 47.9 Å². The monoisotopic (exact) mass is 1040 g/mol. The van der Waals surface area contributed by atoms with Gasteiger partial charge in [0.1, 0.15) is 34.3 Å². The minimum absolute atomic E-state index is 0.0624. The van der Waals surface area contributed by atoms with E-state index < -0.39 is 45.1 Å². The lowest BCUT2D eigenvalue weighted by molar-refractivity contribution is -0.385. The van der Waals surface area contributed by atoms with Crippen LogP contribution in [-0.4, -0.2) is 103 Å². The van der Waals surface area contributed by atoms with Gasteiger partial charge in [-0.1, -0.05) is 75.6 Å². The molecule has 0 amide bonds. The number of aromatic nitrogens is 2. The minimum Gasteiger partial charge on any atom is -0.453 e. The first-order valence-corrected chi connectivity index (χ1v) is 24.3. The lowest BCUT2D eigenvalue weighted by atomic mass is 10.0. The predicted octanol–water partition coefficient (Wildman–Crippen LogP) is 9.14. The zero-order valence-electron chi connectivity index (χ0n) is 42.4. The number of likely N-dealkylation sites (N-methyl/N-ethyl adjacent to an activating group) is 2. The Morgan fingerprint density at radius 3 is 1.25 bits per heavy atom. The van der Waals surface area contributed by atoms with Gasteiger partial charge >= 0.3 is 0 Å². The van der Waals surface area contributed by atoms with Crippen LogP contribution in [0, 0.1) is 55.5 Å². The zero-order chi connectivity index (χ0) is 55.3. The van der Waals surface area contributed by atoms with Crippen molar-refractivity contribution in [1.29, 1.82) is 0 Å². The smallest absolute Gasteiger partial charge is 0.272 e. The first kappa shape index (κ1) is 58.2. The van der Waals surface area contributed by atoms with E-state index in [2.05, 4.69) is 43.4 Å². The number of benzene rings is 4. The molecule has 2 atom stereocenters. The largest absolute Gasteiger partial charge is 0.453 e. The number of hydrogen-bond donors (Lipinski definition) is 4. The Morgan fingerprint density at radius 1 is 0.579 bits per heavy atom. The number of anilines is 2. The number of pyridine rings is 2. The number of hydrogen-bond acceptors (Lipinski definition) is 16. The molecular weight excluding hydrogens is 983 g/mol. The molecule has 6 aromatic rings. The second-order valence-electron chi connectivity index (χ2n) is 16.9. The average molecular weight is 1040 g/mol. The fraction of sp³-hybridized carbons (Fsp3) is 0.286. The van der Waals surface area contributed by atoms with Crippen molar-refractivity contribution in [3.63, 3.8) is 0 Å². The van der Waals surface area contributed by atoms with Gasteiger partial charge < -0.3 is 41.0 Å². The maximum atomic E-state index is 14.3. The van der Waals surface area contributed by atoms with Crippen LogP contribution in [0.5, 0.6) is 23.0 Å². The molecule has 0 saturated heterocycles. The van der Waals surface area contributed by atoms with E-state index in [1.807, 2.05) is 27.7 Å². The number of non-ortho nitro benzene ring substituents is 2. The van der Waals surface area contributed by atoms with Gasteiger partial charge in [-0.2, -0.15) is 0 Å². The Kier molecular flexibility index (Phi) is 22.0. The molecule has 0 spiro atoms. The third kappa shape index (κ3) is 17.2. The quantitative estimate of drug-likeness (QED) is 0.0214. The molecule has 18 nitrogen and oxygen atoms in total. The van der Waals surface area contributed by atoms with Gasteiger partial charge in [0.05, 0.1) is 34.2 Å². The van der Waals surface area contributed by atoms with Crippen LogP contribution < -0.4 is 20.9 Å². The molecule has 76 heavy (non-hydrogen) atoms. The number of nitrogens with two attached hydrogens (primary N) is 2. The van der Waals surface area contributed by atoms with Crippen LogP contribution in [0.25, 0.3) is 0 Å². The van der Waals surface area contributed by atoms with Crippen LogP contribution in [0.3, 0.4) is 0 Å². The van der Waals surface area contributed by atoms with Crippen molar-refractivity contribution in [2.45, 2.75) is 65.6 Å². The number of carbonyl (C=O) groups excluding carboxylic acids is 2. The van der Waals surface area contributed by atoms with E-state index >= 15 is 0 Å². The van der Waals surface area contributed by atoms with Crippen molar-refractivity contribution in [2.75, 3.05) is 50.7 Å². The summed E-state index contributed by atoms with van der Waals surface area (Å²) in [6, 6.07) is 22.4. The third-order valence-electron chi connectivity index (χ3n) is 11.8. The summed E-state index contributed by atoms with van der Waals surface area (Å²) in [7, 11) is 0. The summed E-state index contributed by atoms with van der Waals surface area (Å²) >= 11 is 0. The number of nitrogen functional groups attached to an aromatic ring is 2. The molecule has 2 heterocycles. The highest BCUT2D eigenvalue weighted by molar-refractivity contribution is 5.96. The summed E-state index contributed by atoms with van der Waals surface area (Å²) in [6.07, 6.45) is 2.86. The van der Waals surface area contributed by atoms with Crippen LogP contribution in [0.4, 0.5) is 31.8 Å². The topological polar surface area (TPSA) is 264 Å². The van der Waals surface area contributed by atoms with E-state index in [9.17, 15) is 48.8 Å². The third-order valence-corrected chi connectivity index (χ3v) is 11.8. The highest BCUT2D eigenvalue weighted by Crippen LogP contribution is 2.33. The number of nitrogens with zero attached hydrogens (tertiary/aromatic N) is 6. The molecular formula is C56H58F2N8O10. The number of nitro benzene ring substituents is 2. The SMILES string of the molecule is CCN(CC)CC(O)CCC(=O)c1ccc(C#Cc2c(Oc3ccc([N+](=O)[O-])cc3F)ccnc2N)cc1.CCN(CC)CC(O)CCC(=O)c1ccc(C#Cc2c(Oc3ccc([N+](=O)[O-])cc3F)ccnc2N)cc1. The van der Waals surface area contributed by atoms with E-state index in [0.717, 1.165) is 62.6 Å². The van der Waals surface area contributed by atoms with Crippen molar-refractivity contribution >= 4 is 34.6 Å². The Morgan fingerprint density at radius 2 is 0.934 bits per heavy atom. The van der Waals surface area contributed by atoms with Crippen LogP contribution in [0.2, 0.25) is 0 Å². The fourth-order valence-electron chi connectivity index (χ4n) is 7.32. The predicted molar refractivity (Wildman–Crippen MR) is 283 cm³/mol. The van der Waals surface area contributed by atoms with Gasteiger partial charge in [-0.15, -0.1) is 0 Å². The minimum atomic E-state index is -0.908. The van der Waals surface area contributed by atoms with Gasteiger partial charge in [0.25, 0.3) is 11.4 Å². The number of halogens is 2. The second kappa shape index (κ2) is 28.7. The molecule has 0 fully saturated rings. The van der Waals surface area contributed by atoms with Crippen molar-refractivity contribution in [2.24, 2.45) is 0 Å². The molecule has 0 aliphatic carbocycles. The first-order chi connectivity index (χ1) is 36.4. The molecule has 2 aromatic heterocycles. The molecule has 0 aliphatic rings. The second-order valence-corrected chi connectivity index (χ2v) is 16.9. The zero-order valence-corrected chi connectivity index (χ0v) is 42.4. The number of rotatable bonds is 22. The molecule has 0 aliphatic heterocycles. The van der Waals surface area contributed by atoms with Crippen LogP contribution >= 0.6 is 0 Å². The molecule has 2 unspecified atom stereocenters. The molecule has 6 N–H and O–H groups in total. The highest BCUT2D eigenvalue weighted by atomic mass is 19.1. The molecule has 20 heteroatoms. The molecule has 4 aromatic carbocycles. The number of Topliss-reactive ketones (excluding diaryl/α,β-unsaturated/α-hetero) is 2. The Bertz CT molecular complexity index is 2900. The van der Waals surface area contributed by atoms with Crippen LogP contribution in [-0.2, 0) is 0 Å². The lowest BCUT2D eigenvalue weighted by Gasteiger charge is -2.21. The average Bonchev–Trinajstić information content (AvgIpc) is 3.41. The maximum absolute atomic E-state index is 14.3. The Labute approximate surface area is 438 Å². The molecule has 0 radical (unpaired) electrons. The van der Waals surface area contributed by atoms with Gasteiger partial charge in [0, 0.05) is 84.8 Å². The standard InChI is InChI=1S/2C28H29FN4O5/c2*1-3-32(4-2)18-22(34)11-13-25(35)20-8-5-19(6-9-20)7-12-23-26(15-16-31-28(23)30)38-27-14-10-21(33(36)37)17-24(27)29/h2*5-6,8-10,14-17,22,34H,3-4,11,13,18H2,1-2H3,(H2,30,31). The van der Waals surface area contributed by atoms with Gasteiger partial charge in [0.15, 0.2) is 34.7 Å². The summed E-state index contributed by atoms with van der Waals surface area (Å²) in [4.78, 5) is 57.6. The number of ether oxygens (including phenoxy) is 2. The highest BCUT2D eigenvalue weighted by Gasteiger charge is 2.18. The molecule has 396 valence electrons. The van der Waals surface area contributed by atoms with Crippen LogP contribution in [0.1, 0.15) is 96.3 Å². The van der Waals surface area contributed by atoms with Crippen molar-refractivity contribution in [3.8, 4) is 46.7 Å². The number of aliphatic hydroxyl groups excluding tert-OH is 2. The lowest BCUT2D eigenvalue weighted by Crippen LogP contribution is -2.32. The number of aliphatic hydroxyl groups is 2. The van der Waals surface area contributed by atoms with Crippen molar-refractivity contribution in [3.05, 3.63) is 175 Å². The summed E-state index contributed by atoms with van der Waals surface area (Å²) in [5.41, 5.74) is 13.8. The van der Waals surface area contributed by atoms with Crippen molar-refractivity contribution in [1.82, 2.24) is 19.8 Å². The summed E-state index contributed by atoms with van der Waals surface area (Å²) < 4.78 is 39.8. The first-order valence-electron chi connectivity index (χ1n) is 24.3. The number of ketones is 2. The van der Waals surface area contributed by atoms with E-state index in [4.69, 9.17) is 20.9 Å². The Hall–Kier alpha value is -8.66. The molecule has 0 saturated carbocycles.